The van der Waals surface area contributed by atoms with Crippen molar-refractivity contribution in [3.8, 4) is 5.75 Å². The first kappa shape index (κ1) is 25.1. The van der Waals surface area contributed by atoms with Crippen LogP contribution in [0, 0.1) is 17.8 Å². The van der Waals surface area contributed by atoms with E-state index in [4.69, 9.17) is 33.0 Å². The Morgan fingerprint density at radius 1 is 1.09 bits per heavy atom. The molecule has 4 atom stereocenters. The van der Waals surface area contributed by atoms with Gasteiger partial charge >= 0.3 is 0 Å². The van der Waals surface area contributed by atoms with E-state index < -0.39 is 0 Å². The van der Waals surface area contributed by atoms with Gasteiger partial charge in [-0.25, -0.2) is 5.01 Å². The Balaban J connectivity index is 0.00000274. The van der Waals surface area contributed by atoms with E-state index in [9.17, 15) is 4.79 Å². The van der Waals surface area contributed by atoms with Crippen LogP contribution in [0.1, 0.15) is 37.8 Å². The minimum absolute atomic E-state index is 0. The molecule has 1 aliphatic carbocycles. The van der Waals surface area contributed by atoms with Crippen molar-refractivity contribution < 1.29 is 9.53 Å². The van der Waals surface area contributed by atoms with Crippen LogP contribution in [-0.2, 0) is 4.79 Å². The highest BCUT2D eigenvalue weighted by atomic mass is 35.5. The molecule has 2 fully saturated rings. The van der Waals surface area contributed by atoms with Crippen molar-refractivity contribution >= 4 is 52.9 Å². The van der Waals surface area contributed by atoms with E-state index in [1.165, 1.54) is 19.3 Å². The zero-order valence-electron chi connectivity index (χ0n) is 19.2. The fourth-order valence-corrected chi connectivity index (χ4v) is 6.01. The van der Waals surface area contributed by atoms with Crippen LogP contribution in [0.3, 0.4) is 0 Å². The number of hydrazone groups is 1. The highest BCUT2D eigenvalue weighted by Gasteiger charge is 2.42. The van der Waals surface area contributed by atoms with Gasteiger partial charge in [-0.05, 0) is 60.6 Å². The second kappa shape index (κ2) is 10.3. The average molecular weight is 524 g/mol. The predicted molar refractivity (Wildman–Crippen MR) is 139 cm³/mol. The number of rotatable bonds is 5. The van der Waals surface area contributed by atoms with Gasteiger partial charge in [-0.3, -0.25) is 15.2 Å². The number of hydrogen-bond acceptors (Lipinski definition) is 5. The summed E-state index contributed by atoms with van der Waals surface area (Å²) in [6, 6.07) is 13.0. The van der Waals surface area contributed by atoms with Gasteiger partial charge in [0, 0.05) is 24.0 Å². The van der Waals surface area contributed by atoms with Gasteiger partial charge in [-0.15, -0.1) is 12.4 Å². The molecular weight excluding hydrogens is 495 g/mol. The normalized spacial score (nSPS) is 26.1. The molecule has 1 saturated heterocycles. The zero-order chi connectivity index (χ0) is 23.1. The maximum absolute atomic E-state index is 13.3. The molecule has 1 N–H and O–H groups in total. The lowest BCUT2D eigenvalue weighted by Gasteiger charge is -2.27. The molecule has 2 aromatic rings. The number of methoxy groups -OCH3 is 1. The maximum Gasteiger partial charge on any atom is 0.282 e. The largest absolute Gasteiger partial charge is 0.497 e. The first-order chi connectivity index (χ1) is 15.9. The molecule has 2 aromatic carbocycles. The number of hydrogen-bond donors (Lipinski definition) is 1. The fourth-order valence-electron chi connectivity index (χ4n) is 5.51. The van der Waals surface area contributed by atoms with E-state index in [1.807, 2.05) is 42.3 Å². The molecule has 34 heavy (non-hydrogen) atoms. The number of nitrogens with zero attached hydrogens (tertiary/aromatic N) is 3. The monoisotopic (exact) mass is 522 g/mol. The van der Waals surface area contributed by atoms with Crippen LogP contribution in [0.5, 0.6) is 5.75 Å². The van der Waals surface area contributed by atoms with E-state index in [0.717, 1.165) is 24.4 Å². The molecule has 0 aromatic heterocycles. The highest BCUT2D eigenvalue weighted by Crippen LogP contribution is 2.43. The Kier molecular flexibility index (Phi) is 7.63. The van der Waals surface area contributed by atoms with E-state index >= 15 is 0 Å². The van der Waals surface area contributed by atoms with Crippen molar-refractivity contribution in [3.05, 3.63) is 58.1 Å². The van der Waals surface area contributed by atoms with E-state index in [-0.39, 0.29) is 30.3 Å². The van der Waals surface area contributed by atoms with Gasteiger partial charge in [0.2, 0.25) is 0 Å². The summed E-state index contributed by atoms with van der Waals surface area (Å²) in [6.07, 6.45) is 3.83. The molecule has 3 aliphatic rings. The first-order valence-electron chi connectivity index (χ1n) is 11.5. The van der Waals surface area contributed by atoms with E-state index in [0.29, 0.717) is 33.3 Å². The van der Waals surface area contributed by atoms with Crippen molar-refractivity contribution in [1.29, 1.82) is 0 Å². The Morgan fingerprint density at radius 3 is 2.38 bits per heavy atom. The Hall–Kier alpha value is -1.99. The van der Waals surface area contributed by atoms with Crippen molar-refractivity contribution in [2.75, 3.05) is 25.2 Å². The summed E-state index contributed by atoms with van der Waals surface area (Å²) in [6.45, 7) is 3.88. The Labute approximate surface area is 216 Å². The van der Waals surface area contributed by atoms with Gasteiger partial charge in [0.1, 0.15) is 11.5 Å². The number of ether oxygens (including phenoxy) is 1. The second-order valence-corrected chi connectivity index (χ2v) is 10.1. The number of anilines is 1. The molecule has 1 saturated carbocycles. The predicted octanol–water partition coefficient (Wildman–Crippen LogP) is 5.74. The molecule has 182 valence electrons. The Bertz CT molecular complexity index is 1070. The van der Waals surface area contributed by atoms with Crippen LogP contribution in [0.25, 0.3) is 0 Å². The summed E-state index contributed by atoms with van der Waals surface area (Å²) < 4.78 is 5.32. The van der Waals surface area contributed by atoms with Gasteiger partial charge in [-0.1, -0.05) is 48.7 Å². The molecule has 5 rings (SSSR count). The molecule has 1 amide bonds. The zero-order valence-corrected chi connectivity index (χ0v) is 21.5. The molecule has 2 unspecified atom stereocenters. The van der Waals surface area contributed by atoms with Gasteiger partial charge in [0.05, 0.1) is 23.9 Å². The number of carbonyl (C=O) groups is 1. The van der Waals surface area contributed by atoms with Gasteiger partial charge in [0.25, 0.3) is 5.91 Å². The summed E-state index contributed by atoms with van der Waals surface area (Å²) in [5.41, 5.74) is 5.37. The first-order valence-corrected chi connectivity index (χ1v) is 12.2. The second-order valence-electron chi connectivity index (χ2n) is 9.23. The number of fused-ring (bicyclic) bond motifs is 1. The summed E-state index contributed by atoms with van der Waals surface area (Å²) >= 11 is 12.7. The summed E-state index contributed by atoms with van der Waals surface area (Å²) in [7, 11) is 1.64. The molecule has 2 aliphatic heterocycles. The molecule has 0 radical (unpaired) electrons. The fraction of sp³-hybridized carbons (Fsp3) is 0.440. The highest BCUT2D eigenvalue weighted by molar-refractivity contribution is 6.41. The lowest BCUT2D eigenvalue weighted by atomic mass is 9.91. The van der Waals surface area contributed by atoms with Crippen LogP contribution in [0.4, 0.5) is 5.69 Å². The summed E-state index contributed by atoms with van der Waals surface area (Å²) in [4.78, 5) is 13.3. The number of benzene rings is 2. The number of carbonyl (C=O) groups excluding carboxylic acids is 1. The van der Waals surface area contributed by atoms with Gasteiger partial charge < -0.3 is 4.74 Å². The smallest absolute Gasteiger partial charge is 0.282 e. The van der Waals surface area contributed by atoms with Crippen LogP contribution in [0.2, 0.25) is 10.0 Å². The van der Waals surface area contributed by atoms with Crippen molar-refractivity contribution in [2.24, 2.45) is 22.9 Å². The molecule has 0 bridgehead atoms. The third kappa shape index (κ3) is 4.74. The minimum atomic E-state index is -0.187. The van der Waals surface area contributed by atoms with E-state index in [2.05, 4.69) is 10.4 Å². The number of nitrogens with one attached hydrogen (secondary N) is 1. The lowest BCUT2D eigenvalue weighted by Crippen LogP contribution is -2.45. The SMILES string of the molecule is COc1ccc([C@@H]2[C@H](C)C(C(=O)NN3CC4CCCC4C3)=NN2c2ccc(Cl)cc2Cl)cc1.Cl. The van der Waals surface area contributed by atoms with E-state index in [1.54, 1.807) is 19.2 Å². The molecule has 0 spiro atoms. The average Bonchev–Trinajstić information content (AvgIpc) is 3.47. The molecular formula is C25H29Cl3N4O2. The van der Waals surface area contributed by atoms with Gasteiger partial charge in [0.15, 0.2) is 0 Å². The topological polar surface area (TPSA) is 57.2 Å². The van der Waals surface area contributed by atoms with Gasteiger partial charge in [-0.2, -0.15) is 5.10 Å². The molecule has 6 nitrogen and oxygen atoms in total. The Morgan fingerprint density at radius 2 is 1.76 bits per heavy atom. The maximum atomic E-state index is 13.3. The summed E-state index contributed by atoms with van der Waals surface area (Å²) in [5, 5.41) is 9.76. The molecule has 9 heteroatoms. The number of halogens is 3. The minimum Gasteiger partial charge on any atom is -0.497 e. The number of hydrazine groups is 1. The van der Waals surface area contributed by atoms with Crippen molar-refractivity contribution in [1.82, 2.24) is 10.4 Å². The van der Waals surface area contributed by atoms with Crippen molar-refractivity contribution in [2.45, 2.75) is 32.2 Å². The standard InChI is InChI=1S/C25H28Cl2N4O2.ClH/c1-15-23(25(32)29-30-13-17-4-3-5-18(17)14-30)28-31(22-11-8-19(26)12-21(22)27)24(15)16-6-9-20(33-2)10-7-16;/h6-12,15,17-18,24H,3-5,13-14H2,1-2H3,(H,29,32);1H/t15-,17?,18?,24+;/m1./s1. The van der Waals surface area contributed by atoms with Crippen molar-refractivity contribution in [3.63, 3.8) is 0 Å². The van der Waals surface area contributed by atoms with Crippen LogP contribution in [-0.4, -0.2) is 36.8 Å². The quantitative estimate of drug-likeness (QED) is 0.543. The van der Waals surface area contributed by atoms with Crippen LogP contribution in [0.15, 0.2) is 47.6 Å². The third-order valence-electron chi connectivity index (χ3n) is 7.22. The van der Waals surface area contributed by atoms with Crippen LogP contribution >= 0.6 is 35.6 Å². The van der Waals surface area contributed by atoms with Crippen LogP contribution < -0.4 is 15.2 Å². The summed E-state index contributed by atoms with van der Waals surface area (Å²) in [5.74, 6) is 1.88. The number of amides is 1. The lowest BCUT2D eigenvalue weighted by molar-refractivity contribution is -0.119. The molecule has 2 heterocycles. The third-order valence-corrected chi connectivity index (χ3v) is 7.75.